The fourth-order valence-electron chi connectivity index (χ4n) is 7.48. The molecule has 4 heterocycles. The van der Waals surface area contributed by atoms with Crippen LogP contribution >= 0.6 is 0 Å². The van der Waals surface area contributed by atoms with E-state index in [0.29, 0.717) is 5.89 Å². The monoisotopic (exact) mass is 590 g/mol. The van der Waals surface area contributed by atoms with Crippen molar-refractivity contribution in [2.24, 2.45) is 0 Å². The molecule has 0 aliphatic carbocycles. The van der Waals surface area contributed by atoms with Crippen molar-refractivity contribution >= 4 is 87.6 Å². The van der Waals surface area contributed by atoms with Crippen molar-refractivity contribution in [2.75, 3.05) is 0 Å². The highest BCUT2D eigenvalue weighted by atomic mass is 16.4. The van der Waals surface area contributed by atoms with Gasteiger partial charge in [-0.2, -0.15) is 0 Å². The van der Waals surface area contributed by atoms with Crippen molar-refractivity contribution in [1.29, 1.82) is 0 Å². The van der Waals surface area contributed by atoms with Gasteiger partial charge in [-0.1, -0.05) is 78.9 Å². The number of para-hydroxylation sites is 4. The van der Waals surface area contributed by atoms with E-state index in [1.807, 2.05) is 48.5 Å². The molecular weight excluding hydrogens is 568 g/mol. The molecular formula is C41H22N2O3. The summed E-state index contributed by atoms with van der Waals surface area (Å²) in [5.74, 6) is 0.549. The summed E-state index contributed by atoms with van der Waals surface area (Å²) in [4.78, 5) is 4.91. The molecule has 0 spiro atoms. The Morgan fingerprint density at radius 3 is 2.11 bits per heavy atom. The van der Waals surface area contributed by atoms with Gasteiger partial charge in [-0.25, -0.2) is 4.98 Å². The van der Waals surface area contributed by atoms with Crippen LogP contribution in [0, 0.1) is 0 Å². The number of nitrogens with zero attached hydrogens (tertiary/aromatic N) is 2. The molecule has 0 aliphatic heterocycles. The highest BCUT2D eigenvalue weighted by Crippen LogP contribution is 2.46. The molecule has 0 fully saturated rings. The molecule has 7 aromatic carbocycles. The lowest BCUT2D eigenvalue weighted by molar-refractivity contribution is 0.616. The smallest absolute Gasteiger partial charge is 0.231 e. The summed E-state index contributed by atoms with van der Waals surface area (Å²) in [5, 5.41) is 8.66. The summed E-state index contributed by atoms with van der Waals surface area (Å²) in [6.07, 6.45) is 0. The van der Waals surface area contributed by atoms with Crippen LogP contribution in [0.25, 0.3) is 105 Å². The third-order valence-electron chi connectivity index (χ3n) is 9.42. The van der Waals surface area contributed by atoms with Crippen LogP contribution in [-0.2, 0) is 0 Å². The molecule has 0 N–H and O–H groups in total. The molecule has 11 aromatic rings. The zero-order valence-corrected chi connectivity index (χ0v) is 24.3. The zero-order chi connectivity index (χ0) is 29.9. The summed E-state index contributed by atoms with van der Waals surface area (Å²) in [5.41, 5.74) is 9.00. The van der Waals surface area contributed by atoms with E-state index in [1.54, 1.807) is 0 Å². The maximum Gasteiger partial charge on any atom is 0.231 e. The van der Waals surface area contributed by atoms with E-state index >= 15 is 0 Å². The number of oxazole rings is 1. The first-order chi connectivity index (χ1) is 22.8. The van der Waals surface area contributed by atoms with Gasteiger partial charge in [-0.3, -0.25) is 0 Å². The second kappa shape index (κ2) is 8.65. The molecule has 0 amide bonds. The molecule has 0 radical (unpaired) electrons. The SMILES string of the molecule is c1ccc2c(-c3nc4ccccc4o3)c3oc4cccc(-n5c6ccccc6c6c7oc8ccccc8c7ccc65)c4c3cc2c1. The fourth-order valence-corrected chi connectivity index (χ4v) is 7.48. The topological polar surface area (TPSA) is 57.2 Å². The van der Waals surface area contributed by atoms with E-state index in [4.69, 9.17) is 18.2 Å². The van der Waals surface area contributed by atoms with Crippen molar-refractivity contribution in [2.45, 2.75) is 0 Å². The average Bonchev–Trinajstić information content (AvgIpc) is 3.87. The first-order valence-corrected chi connectivity index (χ1v) is 15.4. The predicted molar refractivity (Wildman–Crippen MR) is 186 cm³/mol. The Balaban J connectivity index is 1.29. The van der Waals surface area contributed by atoms with Crippen molar-refractivity contribution in [1.82, 2.24) is 9.55 Å². The third kappa shape index (κ3) is 3.06. The van der Waals surface area contributed by atoms with E-state index in [0.717, 1.165) is 98.8 Å². The Morgan fingerprint density at radius 2 is 1.20 bits per heavy atom. The third-order valence-corrected chi connectivity index (χ3v) is 9.42. The van der Waals surface area contributed by atoms with Crippen molar-refractivity contribution in [3.63, 3.8) is 0 Å². The first kappa shape index (κ1) is 24.0. The zero-order valence-electron chi connectivity index (χ0n) is 24.3. The fraction of sp³-hybridized carbons (Fsp3) is 0. The number of furan rings is 2. The van der Waals surface area contributed by atoms with Gasteiger partial charge in [-0.05, 0) is 65.4 Å². The Kier molecular flexibility index (Phi) is 4.52. The van der Waals surface area contributed by atoms with E-state index in [-0.39, 0.29) is 0 Å². The van der Waals surface area contributed by atoms with Crippen LogP contribution in [0.3, 0.4) is 0 Å². The number of rotatable bonds is 2. The van der Waals surface area contributed by atoms with Gasteiger partial charge in [0.15, 0.2) is 5.58 Å². The molecule has 5 heteroatoms. The van der Waals surface area contributed by atoms with Crippen LogP contribution in [0.1, 0.15) is 0 Å². The standard InChI is InChI=1S/C41H22N2O3/c1-2-11-24-23(10-1)22-28-36-31(16-9-19-35(36)45-40(28)38(24)41-42-29-14-5-8-18-34(29)46-41)43-30-15-6-3-13-27(30)37-32(43)21-20-26-25-12-4-7-17-33(25)44-39(26)37/h1-22H. The summed E-state index contributed by atoms with van der Waals surface area (Å²) < 4.78 is 22.1. The van der Waals surface area contributed by atoms with Crippen LogP contribution in [0.4, 0.5) is 0 Å². The van der Waals surface area contributed by atoms with Gasteiger partial charge in [0.05, 0.1) is 33.1 Å². The molecule has 0 unspecified atom stereocenters. The second-order valence-corrected chi connectivity index (χ2v) is 11.9. The van der Waals surface area contributed by atoms with Gasteiger partial charge in [0, 0.05) is 21.5 Å². The lowest BCUT2D eigenvalue weighted by Gasteiger charge is -2.10. The average molecular weight is 591 g/mol. The molecule has 0 aliphatic rings. The number of hydrogen-bond acceptors (Lipinski definition) is 4. The first-order valence-electron chi connectivity index (χ1n) is 15.4. The Labute approximate surface area is 260 Å². The minimum atomic E-state index is 0.549. The van der Waals surface area contributed by atoms with E-state index < -0.39 is 0 Å². The van der Waals surface area contributed by atoms with Crippen LogP contribution < -0.4 is 0 Å². The highest BCUT2D eigenvalue weighted by molar-refractivity contribution is 6.25. The molecule has 11 rings (SSSR count). The normalized spacial score (nSPS) is 12.3. The maximum absolute atomic E-state index is 6.78. The van der Waals surface area contributed by atoms with Gasteiger partial charge in [0.1, 0.15) is 27.8 Å². The molecule has 4 aromatic heterocycles. The summed E-state index contributed by atoms with van der Waals surface area (Å²) in [6.45, 7) is 0. The quantitative estimate of drug-likeness (QED) is 0.201. The predicted octanol–water partition coefficient (Wildman–Crippen LogP) is 11.5. The number of hydrogen-bond donors (Lipinski definition) is 0. The van der Waals surface area contributed by atoms with Crippen molar-refractivity contribution < 1.29 is 13.3 Å². The summed E-state index contributed by atoms with van der Waals surface area (Å²) >= 11 is 0. The molecule has 0 bridgehead atoms. The van der Waals surface area contributed by atoms with Gasteiger partial charge >= 0.3 is 0 Å². The second-order valence-electron chi connectivity index (χ2n) is 11.9. The Morgan fingerprint density at radius 1 is 0.457 bits per heavy atom. The van der Waals surface area contributed by atoms with Crippen molar-refractivity contribution in [3.05, 3.63) is 133 Å². The van der Waals surface area contributed by atoms with E-state index in [9.17, 15) is 0 Å². The van der Waals surface area contributed by atoms with Gasteiger partial charge < -0.3 is 17.8 Å². The summed E-state index contributed by atoms with van der Waals surface area (Å²) in [7, 11) is 0. The molecule has 5 nitrogen and oxygen atoms in total. The van der Waals surface area contributed by atoms with Gasteiger partial charge in [0.25, 0.3) is 0 Å². The lowest BCUT2D eigenvalue weighted by Crippen LogP contribution is -1.94. The molecule has 214 valence electrons. The summed E-state index contributed by atoms with van der Waals surface area (Å²) in [6, 6.07) is 46.0. The largest absolute Gasteiger partial charge is 0.455 e. The van der Waals surface area contributed by atoms with Gasteiger partial charge in [0.2, 0.25) is 5.89 Å². The van der Waals surface area contributed by atoms with Crippen LogP contribution in [0.5, 0.6) is 0 Å². The van der Waals surface area contributed by atoms with Crippen LogP contribution in [-0.4, -0.2) is 9.55 Å². The van der Waals surface area contributed by atoms with Gasteiger partial charge in [-0.15, -0.1) is 0 Å². The van der Waals surface area contributed by atoms with Crippen LogP contribution in [0.15, 0.2) is 147 Å². The lowest BCUT2D eigenvalue weighted by atomic mass is 9.99. The van der Waals surface area contributed by atoms with Crippen molar-refractivity contribution in [3.8, 4) is 17.1 Å². The molecule has 0 atom stereocenters. The number of aromatic nitrogens is 2. The highest BCUT2D eigenvalue weighted by Gasteiger charge is 2.24. The van der Waals surface area contributed by atoms with Crippen LogP contribution in [0.2, 0.25) is 0 Å². The minimum absolute atomic E-state index is 0.549. The number of fused-ring (bicyclic) bond motifs is 12. The minimum Gasteiger partial charge on any atom is -0.455 e. The maximum atomic E-state index is 6.78. The van der Waals surface area contributed by atoms with E-state index in [2.05, 4.69) is 89.5 Å². The van der Waals surface area contributed by atoms with E-state index in [1.165, 1.54) is 0 Å². The molecule has 0 saturated heterocycles. The molecule has 0 saturated carbocycles. The Bertz CT molecular complexity index is 3010. The number of benzene rings is 7. The molecule has 46 heavy (non-hydrogen) atoms. The Hall–Kier alpha value is -6.33.